The van der Waals surface area contributed by atoms with Crippen molar-refractivity contribution in [1.82, 2.24) is 9.88 Å². The molecule has 2 aromatic rings. The van der Waals surface area contributed by atoms with E-state index in [1.807, 2.05) is 23.1 Å². The van der Waals surface area contributed by atoms with Gasteiger partial charge in [0.1, 0.15) is 17.7 Å². The number of carbonyl (C=O) groups is 2. The molecule has 4 aliphatic rings. The third kappa shape index (κ3) is 4.29. The van der Waals surface area contributed by atoms with Gasteiger partial charge in [0, 0.05) is 37.4 Å². The number of quaternary nitrogens is 1. The van der Waals surface area contributed by atoms with Crippen LogP contribution in [-0.2, 0) is 9.53 Å². The lowest BCUT2D eigenvalue weighted by Gasteiger charge is -2.26. The lowest BCUT2D eigenvalue weighted by molar-refractivity contribution is -0.750. The minimum Gasteiger partial charge on any atom is -0.381 e. The van der Waals surface area contributed by atoms with Crippen molar-refractivity contribution in [2.24, 2.45) is 27.7 Å². The summed E-state index contributed by atoms with van der Waals surface area (Å²) >= 11 is 0. The van der Waals surface area contributed by atoms with E-state index in [1.165, 1.54) is 0 Å². The fourth-order valence-corrected chi connectivity index (χ4v) is 5.27. The lowest BCUT2D eigenvalue weighted by atomic mass is 10.0. The van der Waals surface area contributed by atoms with Crippen LogP contribution in [0.2, 0.25) is 0 Å². The third-order valence-electron chi connectivity index (χ3n) is 7.30. The number of pyridine rings is 1. The average molecular weight is 499 g/mol. The summed E-state index contributed by atoms with van der Waals surface area (Å²) in [6.07, 6.45) is 8.46. The van der Waals surface area contributed by atoms with Crippen molar-refractivity contribution in [3.8, 4) is 0 Å². The van der Waals surface area contributed by atoms with Gasteiger partial charge in [-0.05, 0) is 49.2 Å². The Kier molecular flexibility index (Phi) is 5.99. The predicted octanol–water partition coefficient (Wildman–Crippen LogP) is 2.44. The summed E-state index contributed by atoms with van der Waals surface area (Å²) in [4.78, 5) is 41.0. The quantitative estimate of drug-likeness (QED) is 0.484. The van der Waals surface area contributed by atoms with Crippen molar-refractivity contribution >= 4 is 29.7 Å². The van der Waals surface area contributed by atoms with Crippen LogP contribution < -0.4 is 11.2 Å². The van der Waals surface area contributed by atoms with E-state index in [2.05, 4.69) is 15.3 Å². The Balaban J connectivity index is 1.23. The highest BCUT2D eigenvalue weighted by Crippen LogP contribution is 2.38. The van der Waals surface area contributed by atoms with Crippen LogP contribution in [0.15, 0.2) is 82.4 Å². The van der Waals surface area contributed by atoms with Crippen LogP contribution in [0.25, 0.3) is 0 Å². The van der Waals surface area contributed by atoms with Gasteiger partial charge in [0.25, 0.3) is 11.7 Å². The monoisotopic (exact) mass is 498 g/mol. The number of aliphatic imine (C=N–C) groups is 2. The summed E-state index contributed by atoms with van der Waals surface area (Å²) < 4.78 is 5.32. The molecule has 6 rings (SSSR count). The SMILES string of the molecule is N[N+]12C=CN=CC1=C(C1CCN(C(=O)C3CCOC3)C1)N=C2c1ccc(C(=O)Nc2ccccn2)cc1. The number of likely N-dealkylation sites (tertiary alicyclic amines) is 1. The van der Waals surface area contributed by atoms with Gasteiger partial charge in [-0.3, -0.25) is 14.6 Å². The summed E-state index contributed by atoms with van der Waals surface area (Å²) in [5.74, 6) is 7.96. The maximum Gasteiger partial charge on any atom is 0.264 e. The first-order valence-electron chi connectivity index (χ1n) is 12.4. The van der Waals surface area contributed by atoms with Crippen LogP contribution in [0.1, 0.15) is 28.8 Å². The molecule has 188 valence electrons. The fourth-order valence-electron chi connectivity index (χ4n) is 5.27. The first kappa shape index (κ1) is 23.4. The number of hydrogen-bond donors (Lipinski definition) is 2. The number of aromatic nitrogens is 1. The molecule has 1 aromatic carbocycles. The topological polar surface area (TPSA) is 122 Å². The molecule has 1 aromatic heterocycles. The number of benzene rings is 1. The van der Waals surface area contributed by atoms with E-state index in [0.29, 0.717) is 43.5 Å². The highest BCUT2D eigenvalue weighted by Gasteiger charge is 2.47. The minimum atomic E-state index is -0.247. The highest BCUT2D eigenvalue weighted by molar-refractivity contribution is 6.05. The number of nitrogens with zero attached hydrogens (tertiary/aromatic N) is 5. The summed E-state index contributed by atoms with van der Waals surface area (Å²) in [6, 6.07) is 12.5. The number of anilines is 1. The fraction of sp³-hybridized carbons (Fsp3) is 0.296. The normalized spacial score (nSPS) is 26.4. The van der Waals surface area contributed by atoms with Gasteiger partial charge in [0.05, 0.1) is 30.5 Å². The van der Waals surface area contributed by atoms with Gasteiger partial charge in [-0.25, -0.2) is 4.98 Å². The van der Waals surface area contributed by atoms with Gasteiger partial charge in [0.15, 0.2) is 0 Å². The molecule has 3 unspecified atom stereocenters. The van der Waals surface area contributed by atoms with E-state index in [0.717, 1.165) is 29.8 Å². The van der Waals surface area contributed by atoms with Gasteiger partial charge in [0.2, 0.25) is 11.6 Å². The number of amidine groups is 1. The number of hydrogen-bond acceptors (Lipinski definition) is 7. The molecule has 0 radical (unpaired) electrons. The van der Waals surface area contributed by atoms with Crippen LogP contribution in [0, 0.1) is 11.8 Å². The van der Waals surface area contributed by atoms with Gasteiger partial charge < -0.3 is 15.0 Å². The Hall–Kier alpha value is -3.99. The number of carbonyl (C=O) groups excluding carboxylic acids is 2. The smallest absolute Gasteiger partial charge is 0.264 e. The summed E-state index contributed by atoms with van der Waals surface area (Å²) in [5, 5.41) is 2.79. The van der Waals surface area contributed by atoms with E-state index < -0.39 is 0 Å². The maximum atomic E-state index is 12.9. The second kappa shape index (κ2) is 9.47. The molecule has 0 spiro atoms. The molecular weight excluding hydrogens is 470 g/mol. The molecule has 37 heavy (non-hydrogen) atoms. The number of allylic oxidation sites excluding steroid dienone is 1. The van der Waals surface area contributed by atoms with Crippen molar-refractivity contribution in [1.29, 1.82) is 0 Å². The Morgan fingerprint density at radius 3 is 2.76 bits per heavy atom. The first-order chi connectivity index (χ1) is 18.0. The molecule has 2 fully saturated rings. The number of amides is 2. The van der Waals surface area contributed by atoms with Crippen molar-refractivity contribution in [2.75, 3.05) is 31.6 Å². The van der Waals surface area contributed by atoms with E-state index in [4.69, 9.17) is 15.6 Å². The maximum absolute atomic E-state index is 12.9. The van der Waals surface area contributed by atoms with E-state index >= 15 is 0 Å². The Labute approximate surface area is 214 Å². The molecule has 3 atom stereocenters. The van der Waals surface area contributed by atoms with E-state index in [9.17, 15) is 9.59 Å². The molecule has 0 aliphatic carbocycles. The van der Waals surface area contributed by atoms with Crippen LogP contribution in [-0.4, -0.2) is 64.6 Å². The largest absolute Gasteiger partial charge is 0.381 e. The Morgan fingerprint density at radius 2 is 2.00 bits per heavy atom. The highest BCUT2D eigenvalue weighted by atomic mass is 16.5. The molecule has 3 N–H and O–H groups in total. The van der Waals surface area contributed by atoms with E-state index in [1.54, 1.807) is 49.1 Å². The minimum absolute atomic E-state index is 0.0454. The van der Waals surface area contributed by atoms with Crippen molar-refractivity contribution in [3.05, 3.63) is 83.6 Å². The van der Waals surface area contributed by atoms with Gasteiger partial charge in [-0.1, -0.05) is 6.07 Å². The van der Waals surface area contributed by atoms with Crippen LogP contribution in [0.3, 0.4) is 0 Å². The zero-order chi connectivity index (χ0) is 25.4. The van der Waals surface area contributed by atoms with Crippen LogP contribution in [0.5, 0.6) is 0 Å². The average Bonchev–Trinajstić information content (AvgIpc) is 3.68. The summed E-state index contributed by atoms with van der Waals surface area (Å²) in [5.41, 5.74) is 2.97. The Morgan fingerprint density at radius 1 is 1.14 bits per heavy atom. The summed E-state index contributed by atoms with van der Waals surface area (Å²) in [7, 11) is 0. The zero-order valence-electron chi connectivity index (χ0n) is 20.3. The van der Waals surface area contributed by atoms with E-state index in [-0.39, 0.29) is 28.2 Å². The molecule has 0 bridgehead atoms. The number of nitrogens with two attached hydrogens (primary N) is 1. The molecular formula is C27H28N7O3+. The molecule has 10 nitrogen and oxygen atoms in total. The summed E-state index contributed by atoms with van der Waals surface area (Å²) in [6.45, 7) is 2.46. The zero-order valence-corrected chi connectivity index (χ0v) is 20.3. The van der Waals surface area contributed by atoms with Gasteiger partial charge >= 0.3 is 0 Å². The molecule has 5 heterocycles. The second-order valence-electron chi connectivity index (χ2n) is 9.64. The van der Waals surface area contributed by atoms with Gasteiger partial charge in [-0.15, -0.1) is 4.59 Å². The number of nitrogens with one attached hydrogen (secondary N) is 1. The van der Waals surface area contributed by atoms with Crippen molar-refractivity contribution < 1.29 is 18.9 Å². The number of fused-ring (bicyclic) bond motifs is 1. The molecule has 0 saturated carbocycles. The number of rotatable bonds is 5. The predicted molar refractivity (Wildman–Crippen MR) is 138 cm³/mol. The Bertz CT molecular complexity index is 1340. The van der Waals surface area contributed by atoms with Crippen molar-refractivity contribution in [3.63, 3.8) is 0 Å². The van der Waals surface area contributed by atoms with Crippen LogP contribution in [0.4, 0.5) is 5.82 Å². The second-order valence-corrected chi connectivity index (χ2v) is 9.64. The molecule has 2 amide bonds. The van der Waals surface area contributed by atoms with Gasteiger partial charge in [-0.2, -0.15) is 10.8 Å². The molecule has 4 aliphatic heterocycles. The third-order valence-corrected chi connectivity index (χ3v) is 7.30. The van der Waals surface area contributed by atoms with Crippen LogP contribution >= 0.6 is 0 Å². The lowest BCUT2D eigenvalue weighted by Crippen LogP contribution is -2.53. The van der Waals surface area contributed by atoms with Crippen molar-refractivity contribution in [2.45, 2.75) is 12.8 Å². The first-order valence-corrected chi connectivity index (χ1v) is 12.4. The number of ether oxygens (including phenoxy) is 1. The molecule has 10 heteroatoms. The molecule has 2 saturated heterocycles. The standard InChI is InChI=1S/C27H27N7O3/c28-34-13-11-29-15-22(34)24(20-8-12-33(16-20)27(36)21-9-14-37-17-21)32-25(34)18-4-6-19(7-5-18)26(35)31-23-3-1-2-10-30-23/h1-7,10-11,13,15,20-21H,8-9,12,14,16-17,28H2/p+1.